The summed E-state index contributed by atoms with van der Waals surface area (Å²) in [6, 6.07) is 15.9. The summed E-state index contributed by atoms with van der Waals surface area (Å²) in [6.45, 7) is 3.46. The quantitative estimate of drug-likeness (QED) is 0.674. The van der Waals surface area contributed by atoms with Gasteiger partial charge in [0.25, 0.3) is 0 Å². The second kappa shape index (κ2) is 6.97. The number of hydrogen-bond donors (Lipinski definition) is 0. The lowest BCUT2D eigenvalue weighted by Gasteiger charge is -2.14. The van der Waals surface area contributed by atoms with Gasteiger partial charge in [0.2, 0.25) is 11.8 Å². The minimum Gasteiger partial charge on any atom is -0.454 e. The molecule has 0 bridgehead atoms. The number of rotatable bonds is 4. The van der Waals surface area contributed by atoms with Crippen molar-refractivity contribution in [3.8, 4) is 17.5 Å². The molecule has 0 amide bonds. The van der Waals surface area contributed by atoms with E-state index in [-0.39, 0.29) is 0 Å². The zero-order valence-corrected chi connectivity index (χ0v) is 13.8. The molecular formula is C19H15N3O3. The predicted molar refractivity (Wildman–Crippen MR) is 89.5 cm³/mol. The molecule has 0 saturated carbocycles. The third kappa shape index (κ3) is 3.72. The van der Waals surface area contributed by atoms with Crippen LogP contribution in [0.4, 0.5) is 0 Å². The van der Waals surface area contributed by atoms with Crippen molar-refractivity contribution in [3.05, 3.63) is 71.1 Å². The number of carbonyl (C=O) groups excluding carboxylic acids is 1. The Labute approximate surface area is 144 Å². The van der Waals surface area contributed by atoms with Crippen molar-refractivity contribution in [2.75, 3.05) is 0 Å². The van der Waals surface area contributed by atoms with Gasteiger partial charge in [0.05, 0.1) is 17.2 Å². The second-order valence-corrected chi connectivity index (χ2v) is 5.49. The normalized spacial score (nSPS) is 11.6. The number of benzene rings is 2. The Balaban J connectivity index is 1.78. The van der Waals surface area contributed by atoms with Crippen LogP contribution in [0.2, 0.25) is 0 Å². The molecule has 25 heavy (non-hydrogen) atoms. The third-order valence-corrected chi connectivity index (χ3v) is 3.64. The largest absolute Gasteiger partial charge is 0.454 e. The molecule has 124 valence electrons. The molecular weight excluding hydrogens is 318 g/mol. The first kappa shape index (κ1) is 16.4. The number of nitriles is 1. The molecule has 1 heterocycles. The molecule has 1 aromatic heterocycles. The SMILES string of the molecule is Cc1nnc(-c2cccc(C(=O)O[C@H](C)c3cccc(C#N)c3)c2)o1. The van der Waals surface area contributed by atoms with Crippen LogP contribution >= 0.6 is 0 Å². The van der Waals surface area contributed by atoms with E-state index >= 15 is 0 Å². The van der Waals surface area contributed by atoms with Gasteiger partial charge < -0.3 is 9.15 Å². The summed E-state index contributed by atoms with van der Waals surface area (Å²) in [6.07, 6.45) is -0.477. The molecule has 3 rings (SSSR count). The summed E-state index contributed by atoms with van der Waals surface area (Å²) >= 11 is 0. The summed E-state index contributed by atoms with van der Waals surface area (Å²) in [5, 5.41) is 16.7. The van der Waals surface area contributed by atoms with Crippen molar-refractivity contribution >= 4 is 5.97 Å². The molecule has 0 fully saturated rings. The van der Waals surface area contributed by atoms with Gasteiger partial charge in [-0.3, -0.25) is 0 Å². The van der Waals surface area contributed by atoms with Gasteiger partial charge >= 0.3 is 5.97 Å². The average Bonchev–Trinajstić information content (AvgIpc) is 3.08. The predicted octanol–water partition coefficient (Wildman–Crippen LogP) is 3.83. The lowest BCUT2D eigenvalue weighted by Crippen LogP contribution is -2.09. The summed E-state index contributed by atoms with van der Waals surface area (Å²) in [4.78, 5) is 12.4. The molecule has 0 N–H and O–H groups in total. The topological polar surface area (TPSA) is 89.0 Å². The molecule has 0 aliphatic heterocycles. The fourth-order valence-electron chi connectivity index (χ4n) is 2.35. The molecule has 1 atom stereocenters. The van der Waals surface area contributed by atoms with E-state index in [0.717, 1.165) is 5.56 Å². The van der Waals surface area contributed by atoms with Gasteiger partial charge in [-0.15, -0.1) is 10.2 Å². The molecule has 6 heteroatoms. The van der Waals surface area contributed by atoms with Crippen LogP contribution < -0.4 is 0 Å². The minimum absolute atomic E-state index is 0.349. The number of aromatic nitrogens is 2. The van der Waals surface area contributed by atoms with E-state index in [2.05, 4.69) is 16.3 Å². The van der Waals surface area contributed by atoms with E-state index in [9.17, 15) is 4.79 Å². The molecule has 0 unspecified atom stereocenters. The smallest absolute Gasteiger partial charge is 0.338 e. The first-order chi connectivity index (χ1) is 12.1. The Bertz CT molecular complexity index is 956. The van der Waals surface area contributed by atoms with Crippen LogP contribution in [-0.4, -0.2) is 16.2 Å². The van der Waals surface area contributed by atoms with E-state index in [1.807, 2.05) is 6.07 Å². The fraction of sp³-hybridized carbons (Fsp3) is 0.158. The lowest BCUT2D eigenvalue weighted by molar-refractivity contribution is 0.0338. The summed E-state index contributed by atoms with van der Waals surface area (Å²) in [5.74, 6) is 0.337. The Morgan fingerprint density at radius 2 is 2.00 bits per heavy atom. The number of nitrogens with zero attached hydrogens (tertiary/aromatic N) is 3. The number of esters is 1. The number of aryl methyl sites for hydroxylation is 1. The number of ether oxygens (including phenoxy) is 1. The first-order valence-corrected chi connectivity index (χ1v) is 7.68. The van der Waals surface area contributed by atoms with Crippen molar-refractivity contribution in [2.24, 2.45) is 0 Å². The van der Waals surface area contributed by atoms with Crippen LogP contribution in [0.15, 0.2) is 52.9 Å². The second-order valence-electron chi connectivity index (χ2n) is 5.49. The van der Waals surface area contributed by atoms with Gasteiger partial charge in [-0.2, -0.15) is 5.26 Å². The average molecular weight is 333 g/mol. The molecule has 0 spiro atoms. The van der Waals surface area contributed by atoms with Crippen LogP contribution in [0.5, 0.6) is 0 Å². The Morgan fingerprint density at radius 1 is 1.20 bits per heavy atom. The van der Waals surface area contributed by atoms with Crippen LogP contribution in [0, 0.1) is 18.3 Å². The van der Waals surface area contributed by atoms with Crippen LogP contribution in [0.25, 0.3) is 11.5 Å². The fourth-order valence-corrected chi connectivity index (χ4v) is 2.35. The molecule has 6 nitrogen and oxygen atoms in total. The summed E-state index contributed by atoms with van der Waals surface area (Å²) < 4.78 is 10.9. The standard InChI is InChI=1S/C19H15N3O3/c1-12(15-6-3-5-14(9-15)11-20)24-19(23)17-8-4-7-16(10-17)18-22-21-13(2)25-18/h3-10,12H,1-2H3/t12-/m1/s1. The highest BCUT2D eigenvalue weighted by molar-refractivity contribution is 5.90. The molecule has 0 saturated heterocycles. The zero-order valence-electron chi connectivity index (χ0n) is 13.8. The maximum atomic E-state index is 12.4. The highest BCUT2D eigenvalue weighted by Gasteiger charge is 2.16. The third-order valence-electron chi connectivity index (χ3n) is 3.64. The first-order valence-electron chi connectivity index (χ1n) is 7.68. The lowest BCUT2D eigenvalue weighted by atomic mass is 10.1. The van der Waals surface area contributed by atoms with Crippen LogP contribution in [0.3, 0.4) is 0 Å². The maximum absolute atomic E-state index is 12.4. The monoisotopic (exact) mass is 333 g/mol. The number of carbonyl (C=O) groups is 1. The van der Waals surface area contributed by atoms with E-state index in [1.165, 1.54) is 0 Å². The van der Waals surface area contributed by atoms with E-state index < -0.39 is 12.1 Å². The van der Waals surface area contributed by atoms with Gasteiger partial charge in [-0.05, 0) is 42.8 Å². The van der Waals surface area contributed by atoms with E-state index in [4.69, 9.17) is 14.4 Å². The highest BCUT2D eigenvalue weighted by atomic mass is 16.5. The van der Waals surface area contributed by atoms with E-state index in [0.29, 0.717) is 28.5 Å². The van der Waals surface area contributed by atoms with Gasteiger partial charge in [0.1, 0.15) is 6.10 Å². The van der Waals surface area contributed by atoms with Crippen molar-refractivity contribution in [1.29, 1.82) is 5.26 Å². The Morgan fingerprint density at radius 3 is 2.72 bits per heavy atom. The highest BCUT2D eigenvalue weighted by Crippen LogP contribution is 2.22. The molecule has 0 aliphatic carbocycles. The number of hydrogen-bond acceptors (Lipinski definition) is 6. The van der Waals surface area contributed by atoms with Gasteiger partial charge in [-0.25, -0.2) is 4.79 Å². The van der Waals surface area contributed by atoms with Crippen molar-refractivity contribution in [3.63, 3.8) is 0 Å². The molecule has 2 aromatic carbocycles. The van der Waals surface area contributed by atoms with Crippen molar-refractivity contribution in [1.82, 2.24) is 10.2 Å². The molecule has 0 radical (unpaired) electrons. The zero-order chi connectivity index (χ0) is 17.8. The van der Waals surface area contributed by atoms with Gasteiger partial charge in [0.15, 0.2) is 0 Å². The minimum atomic E-state index is -0.477. The summed E-state index contributed by atoms with van der Waals surface area (Å²) in [5.41, 5.74) is 2.32. The molecule has 3 aromatic rings. The van der Waals surface area contributed by atoms with E-state index in [1.54, 1.807) is 56.3 Å². The van der Waals surface area contributed by atoms with Gasteiger partial charge in [0, 0.05) is 12.5 Å². The van der Waals surface area contributed by atoms with Gasteiger partial charge in [-0.1, -0.05) is 18.2 Å². The van der Waals surface area contributed by atoms with Crippen LogP contribution in [-0.2, 0) is 4.74 Å². The van der Waals surface area contributed by atoms with Crippen molar-refractivity contribution < 1.29 is 13.9 Å². The summed E-state index contributed by atoms with van der Waals surface area (Å²) in [7, 11) is 0. The van der Waals surface area contributed by atoms with Crippen LogP contribution in [0.1, 0.15) is 40.4 Å². The van der Waals surface area contributed by atoms with Crippen molar-refractivity contribution in [2.45, 2.75) is 20.0 Å². The molecule has 0 aliphatic rings. The Hall–Kier alpha value is -3.46. The maximum Gasteiger partial charge on any atom is 0.338 e. The Kier molecular flexibility index (Phi) is 4.57.